The van der Waals surface area contributed by atoms with Crippen LogP contribution in [0.15, 0.2) is 18.2 Å². The first-order valence-corrected chi connectivity index (χ1v) is 6.95. The molecule has 1 aromatic rings. The van der Waals surface area contributed by atoms with Crippen LogP contribution in [0.5, 0.6) is 0 Å². The highest BCUT2D eigenvalue weighted by atomic mass is 19.1. The van der Waals surface area contributed by atoms with E-state index in [0.29, 0.717) is 19.0 Å². The molecule has 1 fully saturated rings. The van der Waals surface area contributed by atoms with Gasteiger partial charge in [0.15, 0.2) is 0 Å². The van der Waals surface area contributed by atoms with E-state index in [2.05, 4.69) is 4.90 Å². The lowest BCUT2D eigenvalue weighted by Crippen LogP contribution is -2.35. The van der Waals surface area contributed by atoms with E-state index < -0.39 is 16.4 Å². The van der Waals surface area contributed by atoms with Crippen LogP contribution in [0, 0.1) is 21.8 Å². The van der Waals surface area contributed by atoms with Crippen LogP contribution >= 0.6 is 0 Å². The molecule has 20 heavy (non-hydrogen) atoms. The number of benzene rings is 1. The Morgan fingerprint density at radius 1 is 1.50 bits per heavy atom. The lowest BCUT2D eigenvalue weighted by Gasteiger charge is -2.32. The number of nitrogens with two attached hydrogens (primary N) is 1. The number of hydrogen-bond acceptors (Lipinski definition) is 4. The highest BCUT2D eigenvalue weighted by molar-refractivity contribution is 5.34. The molecule has 0 aromatic heterocycles. The number of nitrogens with zero attached hydrogens (tertiary/aromatic N) is 2. The molecule has 1 unspecified atom stereocenters. The predicted molar refractivity (Wildman–Crippen MR) is 74.7 cm³/mol. The van der Waals surface area contributed by atoms with Crippen molar-refractivity contribution in [2.24, 2.45) is 11.7 Å². The SMILES string of the molecule is NCCC1CCCN(Cc2ccc([N+](=O)[O-])c(F)c2)C1. The van der Waals surface area contributed by atoms with Gasteiger partial charge in [-0.2, -0.15) is 4.39 Å². The second-order valence-electron chi connectivity index (χ2n) is 5.36. The van der Waals surface area contributed by atoms with Crippen LogP contribution in [-0.2, 0) is 6.54 Å². The van der Waals surface area contributed by atoms with Crippen molar-refractivity contribution in [2.75, 3.05) is 19.6 Å². The van der Waals surface area contributed by atoms with Gasteiger partial charge in [-0.05, 0) is 49.9 Å². The summed E-state index contributed by atoms with van der Waals surface area (Å²) in [5, 5.41) is 10.6. The number of nitro groups is 1. The molecule has 0 bridgehead atoms. The third-order valence-corrected chi connectivity index (χ3v) is 3.79. The second kappa shape index (κ2) is 6.76. The van der Waals surface area contributed by atoms with Crippen LogP contribution in [0.3, 0.4) is 0 Å². The van der Waals surface area contributed by atoms with Gasteiger partial charge in [0.2, 0.25) is 5.82 Å². The van der Waals surface area contributed by atoms with Crippen molar-refractivity contribution in [3.05, 3.63) is 39.7 Å². The lowest BCUT2D eigenvalue weighted by molar-refractivity contribution is -0.387. The van der Waals surface area contributed by atoms with Crippen LogP contribution in [0.4, 0.5) is 10.1 Å². The van der Waals surface area contributed by atoms with Crippen molar-refractivity contribution in [3.63, 3.8) is 0 Å². The quantitative estimate of drug-likeness (QED) is 0.664. The summed E-state index contributed by atoms with van der Waals surface area (Å²) in [6.45, 7) is 3.29. The van der Waals surface area contributed by atoms with Crippen LogP contribution in [0.2, 0.25) is 0 Å². The summed E-state index contributed by atoms with van der Waals surface area (Å²) in [4.78, 5) is 12.2. The van der Waals surface area contributed by atoms with Crippen LogP contribution in [0.1, 0.15) is 24.8 Å². The van der Waals surface area contributed by atoms with E-state index in [1.807, 2.05) is 0 Å². The van der Waals surface area contributed by atoms with E-state index in [0.717, 1.165) is 31.5 Å². The summed E-state index contributed by atoms with van der Waals surface area (Å²) >= 11 is 0. The first kappa shape index (κ1) is 14.9. The van der Waals surface area contributed by atoms with Crippen LogP contribution in [-0.4, -0.2) is 29.5 Å². The summed E-state index contributed by atoms with van der Waals surface area (Å²) < 4.78 is 13.6. The largest absolute Gasteiger partial charge is 0.330 e. The van der Waals surface area contributed by atoms with Crippen LogP contribution in [0.25, 0.3) is 0 Å². The Labute approximate surface area is 117 Å². The molecule has 2 N–H and O–H groups in total. The average Bonchev–Trinajstić information content (AvgIpc) is 2.39. The number of hydrogen-bond donors (Lipinski definition) is 1. The van der Waals surface area contributed by atoms with Gasteiger partial charge in [0.1, 0.15) is 0 Å². The topological polar surface area (TPSA) is 72.4 Å². The second-order valence-corrected chi connectivity index (χ2v) is 5.36. The Balaban J connectivity index is 1.99. The van der Waals surface area contributed by atoms with Gasteiger partial charge in [0, 0.05) is 19.2 Å². The standard InChI is InChI=1S/C14H20FN3O2/c15-13-8-12(3-4-14(13)18(19)20)10-17-7-1-2-11(9-17)5-6-16/h3-4,8,11H,1-2,5-7,9-10,16H2. The highest BCUT2D eigenvalue weighted by Crippen LogP contribution is 2.23. The zero-order valence-corrected chi connectivity index (χ0v) is 11.4. The van der Waals surface area contributed by atoms with Crippen molar-refractivity contribution < 1.29 is 9.31 Å². The molecule has 0 amide bonds. The van der Waals surface area contributed by atoms with Crippen molar-refractivity contribution in [1.29, 1.82) is 0 Å². The van der Waals surface area contributed by atoms with E-state index in [-0.39, 0.29) is 0 Å². The molecule has 2 rings (SSSR count). The van der Waals surface area contributed by atoms with Gasteiger partial charge in [0.25, 0.3) is 0 Å². The molecule has 6 heteroatoms. The molecule has 1 aliphatic heterocycles. The smallest absolute Gasteiger partial charge is 0.304 e. The van der Waals surface area contributed by atoms with Crippen LogP contribution < -0.4 is 5.73 Å². The maximum atomic E-state index is 13.6. The van der Waals surface area contributed by atoms with E-state index in [1.165, 1.54) is 18.6 Å². The van der Waals surface area contributed by atoms with Crippen molar-refractivity contribution in [2.45, 2.75) is 25.8 Å². The molecule has 110 valence electrons. The molecule has 1 aliphatic rings. The summed E-state index contributed by atoms with van der Waals surface area (Å²) in [6, 6.07) is 4.14. The highest BCUT2D eigenvalue weighted by Gasteiger charge is 2.20. The van der Waals surface area contributed by atoms with Gasteiger partial charge < -0.3 is 5.73 Å². The van der Waals surface area contributed by atoms with Gasteiger partial charge in [-0.3, -0.25) is 15.0 Å². The molecular formula is C14H20FN3O2. The molecular weight excluding hydrogens is 261 g/mol. The number of halogens is 1. The first-order chi connectivity index (χ1) is 9.60. The fraction of sp³-hybridized carbons (Fsp3) is 0.571. The Hall–Kier alpha value is -1.53. The van der Waals surface area contributed by atoms with E-state index in [1.54, 1.807) is 6.07 Å². The first-order valence-electron chi connectivity index (χ1n) is 6.95. The number of rotatable bonds is 5. The number of nitro benzene ring substituents is 1. The van der Waals surface area contributed by atoms with E-state index >= 15 is 0 Å². The molecule has 0 aliphatic carbocycles. The third-order valence-electron chi connectivity index (χ3n) is 3.79. The fourth-order valence-electron chi connectivity index (χ4n) is 2.82. The summed E-state index contributed by atoms with van der Waals surface area (Å²) in [5.74, 6) is -0.153. The van der Waals surface area contributed by atoms with E-state index in [9.17, 15) is 14.5 Å². The molecule has 5 nitrogen and oxygen atoms in total. The normalized spacial score (nSPS) is 20.0. The van der Waals surface area contributed by atoms with E-state index in [4.69, 9.17) is 5.73 Å². The molecule has 0 radical (unpaired) electrons. The number of likely N-dealkylation sites (tertiary alicyclic amines) is 1. The van der Waals surface area contributed by atoms with Gasteiger partial charge in [0.05, 0.1) is 4.92 Å². The minimum absolute atomic E-state index is 0.464. The van der Waals surface area contributed by atoms with Crippen molar-refractivity contribution in [3.8, 4) is 0 Å². The Morgan fingerprint density at radius 2 is 2.30 bits per heavy atom. The average molecular weight is 281 g/mol. The minimum Gasteiger partial charge on any atom is -0.330 e. The summed E-state index contributed by atoms with van der Waals surface area (Å²) in [6.07, 6.45) is 3.34. The minimum atomic E-state index is -0.761. The Bertz CT molecular complexity index is 479. The fourth-order valence-corrected chi connectivity index (χ4v) is 2.82. The summed E-state index contributed by atoms with van der Waals surface area (Å²) in [7, 11) is 0. The van der Waals surface area contributed by atoms with Gasteiger partial charge >= 0.3 is 5.69 Å². The summed E-state index contributed by atoms with van der Waals surface area (Å²) in [5.41, 5.74) is 5.90. The third kappa shape index (κ3) is 3.74. The molecule has 0 spiro atoms. The zero-order valence-electron chi connectivity index (χ0n) is 11.4. The molecule has 1 saturated heterocycles. The molecule has 1 atom stereocenters. The molecule has 1 aromatic carbocycles. The van der Waals surface area contributed by atoms with Crippen molar-refractivity contribution in [1.82, 2.24) is 4.90 Å². The Morgan fingerprint density at radius 3 is 2.95 bits per heavy atom. The zero-order chi connectivity index (χ0) is 14.5. The van der Waals surface area contributed by atoms with Gasteiger partial charge in [-0.1, -0.05) is 6.07 Å². The maximum absolute atomic E-state index is 13.6. The lowest BCUT2D eigenvalue weighted by atomic mass is 9.94. The monoisotopic (exact) mass is 281 g/mol. The maximum Gasteiger partial charge on any atom is 0.304 e. The predicted octanol–water partition coefficient (Wildman–Crippen LogP) is 2.29. The molecule has 1 heterocycles. The number of piperidine rings is 1. The van der Waals surface area contributed by atoms with Gasteiger partial charge in [-0.25, -0.2) is 0 Å². The van der Waals surface area contributed by atoms with Gasteiger partial charge in [-0.15, -0.1) is 0 Å². The Kier molecular flexibility index (Phi) is 5.03. The molecule has 0 saturated carbocycles. The van der Waals surface area contributed by atoms with Crippen molar-refractivity contribution >= 4 is 5.69 Å².